The summed E-state index contributed by atoms with van der Waals surface area (Å²) in [6.07, 6.45) is 4.84. The first-order valence-corrected chi connectivity index (χ1v) is 7.54. The van der Waals surface area contributed by atoms with Gasteiger partial charge in [0.1, 0.15) is 5.60 Å². The molecule has 0 aromatic rings. The highest BCUT2D eigenvalue weighted by Gasteiger charge is 2.31. The minimum Gasteiger partial charge on any atom is -0.444 e. The van der Waals surface area contributed by atoms with Crippen molar-refractivity contribution in [2.24, 2.45) is 5.92 Å². The minimum atomic E-state index is -0.432. The van der Waals surface area contributed by atoms with Crippen molar-refractivity contribution >= 4 is 6.09 Å². The van der Waals surface area contributed by atoms with Gasteiger partial charge >= 0.3 is 6.09 Å². The van der Waals surface area contributed by atoms with Crippen LogP contribution in [-0.2, 0) is 9.47 Å². The van der Waals surface area contributed by atoms with Crippen molar-refractivity contribution in [1.82, 2.24) is 4.90 Å². The lowest BCUT2D eigenvalue weighted by atomic mass is 9.97. The summed E-state index contributed by atoms with van der Waals surface area (Å²) in [4.78, 5) is 13.8. The molecule has 1 heterocycles. The lowest BCUT2D eigenvalue weighted by molar-refractivity contribution is -0.0371. The van der Waals surface area contributed by atoms with Gasteiger partial charge in [-0.1, -0.05) is 13.0 Å². The first-order valence-electron chi connectivity index (χ1n) is 7.54. The number of nitrogens with zero attached hydrogens (tertiary/aromatic N) is 1. The number of allylic oxidation sites excluding steroid dienone is 1. The van der Waals surface area contributed by atoms with Crippen molar-refractivity contribution < 1.29 is 14.3 Å². The molecule has 0 bridgehead atoms. The molecule has 20 heavy (non-hydrogen) atoms. The van der Waals surface area contributed by atoms with Crippen LogP contribution < -0.4 is 0 Å². The van der Waals surface area contributed by atoms with Gasteiger partial charge in [0.25, 0.3) is 0 Å². The zero-order valence-electron chi connectivity index (χ0n) is 13.4. The maximum Gasteiger partial charge on any atom is 0.410 e. The Morgan fingerprint density at radius 1 is 1.45 bits per heavy atom. The number of carbonyl (C=O) groups is 1. The minimum absolute atomic E-state index is 0.213. The number of unbranched alkanes of at least 4 members (excludes halogenated alkanes) is 1. The third-order valence-corrected chi connectivity index (χ3v) is 3.36. The molecule has 0 aliphatic carbocycles. The van der Waals surface area contributed by atoms with Crippen molar-refractivity contribution in [1.29, 1.82) is 0 Å². The number of ether oxygens (including phenoxy) is 2. The molecule has 2 unspecified atom stereocenters. The SMILES string of the molecule is C=CCCCOC1CCN(C(=O)OC(C)(C)C)CC1C. The number of likely N-dealkylation sites (tertiary alicyclic amines) is 1. The van der Waals surface area contributed by atoms with Gasteiger partial charge in [0.15, 0.2) is 0 Å². The van der Waals surface area contributed by atoms with E-state index >= 15 is 0 Å². The summed E-state index contributed by atoms with van der Waals surface area (Å²) in [7, 11) is 0. The van der Waals surface area contributed by atoms with Crippen molar-refractivity contribution in [2.75, 3.05) is 19.7 Å². The summed E-state index contributed by atoms with van der Waals surface area (Å²) in [6.45, 7) is 13.7. The normalized spacial score (nSPS) is 23.5. The molecular formula is C16H29NO3. The van der Waals surface area contributed by atoms with Gasteiger partial charge in [0.05, 0.1) is 6.10 Å². The van der Waals surface area contributed by atoms with Gasteiger partial charge in [-0.25, -0.2) is 4.79 Å². The summed E-state index contributed by atoms with van der Waals surface area (Å²) in [5, 5.41) is 0. The van der Waals surface area contributed by atoms with E-state index < -0.39 is 5.60 Å². The average Bonchev–Trinajstić information content (AvgIpc) is 2.34. The molecule has 0 spiro atoms. The van der Waals surface area contributed by atoms with Crippen molar-refractivity contribution in [3.8, 4) is 0 Å². The van der Waals surface area contributed by atoms with E-state index in [2.05, 4.69) is 13.5 Å². The van der Waals surface area contributed by atoms with Crippen LogP contribution in [0.2, 0.25) is 0 Å². The molecule has 4 heteroatoms. The van der Waals surface area contributed by atoms with Gasteiger partial charge in [-0.15, -0.1) is 6.58 Å². The van der Waals surface area contributed by atoms with Gasteiger partial charge < -0.3 is 14.4 Å². The lowest BCUT2D eigenvalue weighted by Crippen LogP contribution is -2.47. The largest absolute Gasteiger partial charge is 0.444 e. The quantitative estimate of drug-likeness (QED) is 0.571. The van der Waals surface area contributed by atoms with E-state index in [0.717, 1.165) is 25.9 Å². The van der Waals surface area contributed by atoms with Gasteiger partial charge in [-0.3, -0.25) is 0 Å². The Balaban J connectivity index is 2.35. The highest BCUT2D eigenvalue weighted by Crippen LogP contribution is 2.22. The summed E-state index contributed by atoms with van der Waals surface area (Å²) < 4.78 is 11.3. The molecule has 1 aliphatic rings. The predicted octanol–water partition coefficient (Wildman–Crippen LogP) is 3.61. The van der Waals surface area contributed by atoms with Crippen LogP contribution in [0.4, 0.5) is 4.79 Å². The van der Waals surface area contributed by atoms with Gasteiger partial charge in [-0.05, 0) is 40.0 Å². The number of amides is 1. The maximum atomic E-state index is 12.0. The van der Waals surface area contributed by atoms with E-state index in [9.17, 15) is 4.79 Å². The molecule has 2 atom stereocenters. The van der Waals surface area contributed by atoms with Crippen LogP contribution in [0.5, 0.6) is 0 Å². The average molecular weight is 283 g/mol. The topological polar surface area (TPSA) is 38.8 Å². The Hall–Kier alpha value is -1.03. The molecular weight excluding hydrogens is 254 g/mol. The van der Waals surface area contributed by atoms with Crippen LogP contribution in [0, 0.1) is 5.92 Å². The number of hydrogen-bond donors (Lipinski definition) is 0. The molecule has 1 amide bonds. The Labute approximate surface area is 123 Å². The second-order valence-corrected chi connectivity index (χ2v) is 6.53. The molecule has 1 saturated heterocycles. The standard InChI is InChI=1S/C16H29NO3/c1-6-7-8-11-19-14-9-10-17(12-13(14)2)15(18)20-16(3,4)5/h6,13-14H,1,7-12H2,2-5H3. The van der Waals surface area contributed by atoms with Gasteiger partial charge in [0, 0.05) is 25.6 Å². The molecule has 116 valence electrons. The van der Waals surface area contributed by atoms with Gasteiger partial charge in [-0.2, -0.15) is 0 Å². The zero-order chi connectivity index (χ0) is 15.2. The van der Waals surface area contributed by atoms with Crippen LogP contribution in [0.1, 0.15) is 47.0 Å². The monoisotopic (exact) mass is 283 g/mol. The second-order valence-electron chi connectivity index (χ2n) is 6.53. The zero-order valence-corrected chi connectivity index (χ0v) is 13.4. The first kappa shape index (κ1) is 17.0. The van der Waals surface area contributed by atoms with E-state index in [1.54, 1.807) is 4.90 Å². The second kappa shape index (κ2) is 7.67. The number of piperidine rings is 1. The van der Waals surface area contributed by atoms with Crippen LogP contribution in [0.15, 0.2) is 12.7 Å². The van der Waals surface area contributed by atoms with E-state index in [4.69, 9.17) is 9.47 Å². The Morgan fingerprint density at radius 2 is 2.15 bits per heavy atom. The molecule has 0 N–H and O–H groups in total. The summed E-state index contributed by atoms with van der Waals surface area (Å²) in [5.41, 5.74) is -0.432. The summed E-state index contributed by atoms with van der Waals surface area (Å²) in [6, 6.07) is 0. The first-order chi connectivity index (χ1) is 9.33. The third-order valence-electron chi connectivity index (χ3n) is 3.36. The summed E-state index contributed by atoms with van der Waals surface area (Å²) in [5.74, 6) is 0.347. The molecule has 0 aromatic carbocycles. The lowest BCUT2D eigenvalue weighted by Gasteiger charge is -2.37. The molecule has 4 nitrogen and oxygen atoms in total. The van der Waals surface area contributed by atoms with Crippen LogP contribution in [0.3, 0.4) is 0 Å². The molecule has 0 radical (unpaired) electrons. The van der Waals surface area contributed by atoms with Crippen LogP contribution in [-0.4, -0.2) is 42.4 Å². The number of carbonyl (C=O) groups excluding carboxylic acids is 1. The van der Waals surface area contributed by atoms with E-state index in [-0.39, 0.29) is 12.2 Å². The van der Waals surface area contributed by atoms with Crippen LogP contribution in [0.25, 0.3) is 0 Å². The van der Waals surface area contributed by atoms with E-state index in [0.29, 0.717) is 19.0 Å². The molecule has 0 saturated carbocycles. The third kappa shape index (κ3) is 5.95. The highest BCUT2D eigenvalue weighted by atomic mass is 16.6. The van der Waals surface area contributed by atoms with Gasteiger partial charge in [0.2, 0.25) is 0 Å². The van der Waals surface area contributed by atoms with E-state index in [1.807, 2.05) is 26.8 Å². The highest BCUT2D eigenvalue weighted by molar-refractivity contribution is 5.68. The van der Waals surface area contributed by atoms with Crippen molar-refractivity contribution in [3.63, 3.8) is 0 Å². The molecule has 1 aliphatic heterocycles. The fourth-order valence-electron chi connectivity index (χ4n) is 2.33. The number of hydrogen-bond acceptors (Lipinski definition) is 3. The maximum absolute atomic E-state index is 12.0. The van der Waals surface area contributed by atoms with Crippen molar-refractivity contribution in [2.45, 2.75) is 58.7 Å². The smallest absolute Gasteiger partial charge is 0.410 e. The number of rotatable bonds is 5. The predicted molar refractivity (Wildman–Crippen MR) is 80.8 cm³/mol. The van der Waals surface area contributed by atoms with E-state index in [1.165, 1.54) is 0 Å². The fourth-order valence-corrected chi connectivity index (χ4v) is 2.33. The molecule has 1 fully saturated rings. The Bertz CT molecular complexity index is 322. The Kier molecular flexibility index (Phi) is 6.53. The molecule has 0 aromatic heterocycles. The fraction of sp³-hybridized carbons (Fsp3) is 0.812. The summed E-state index contributed by atoms with van der Waals surface area (Å²) >= 11 is 0. The Morgan fingerprint density at radius 3 is 2.70 bits per heavy atom. The molecule has 1 rings (SSSR count). The van der Waals surface area contributed by atoms with Crippen molar-refractivity contribution in [3.05, 3.63) is 12.7 Å². The van der Waals surface area contributed by atoms with Crippen LogP contribution >= 0.6 is 0 Å².